The molecule has 2 N–H and O–H groups in total. The summed E-state index contributed by atoms with van der Waals surface area (Å²) in [5, 5.41) is 14.2. The summed E-state index contributed by atoms with van der Waals surface area (Å²) in [6.45, 7) is 4.16. The van der Waals surface area contributed by atoms with Gasteiger partial charge < -0.3 is 20.1 Å². The summed E-state index contributed by atoms with van der Waals surface area (Å²) in [5.74, 6) is 1.78. The van der Waals surface area contributed by atoms with Crippen LogP contribution in [0, 0.1) is 0 Å². The predicted octanol–water partition coefficient (Wildman–Crippen LogP) is 4.61. The molecule has 1 heterocycles. The quantitative estimate of drug-likeness (QED) is 0.611. The standard InChI is InChI=1S/C22H24N4O3/c1-14(2)16-7-5-6-8-17(16)24-22(27)19-11-12-21(26-25-19)23-18-10-9-15(28-3)13-20(18)29-4/h5-14H,1-4H3,(H,23,26)(H,24,27). The molecule has 0 spiro atoms. The number of carbonyl (C=O) groups is 1. The molecule has 0 radical (unpaired) electrons. The zero-order chi connectivity index (χ0) is 20.8. The van der Waals surface area contributed by atoms with E-state index >= 15 is 0 Å². The van der Waals surface area contributed by atoms with Crippen molar-refractivity contribution in [3.63, 3.8) is 0 Å². The summed E-state index contributed by atoms with van der Waals surface area (Å²) >= 11 is 0. The minimum atomic E-state index is -0.306. The van der Waals surface area contributed by atoms with E-state index in [1.165, 1.54) is 0 Å². The first-order valence-electron chi connectivity index (χ1n) is 9.25. The molecule has 0 aliphatic carbocycles. The smallest absolute Gasteiger partial charge is 0.276 e. The molecule has 0 saturated heterocycles. The molecule has 29 heavy (non-hydrogen) atoms. The van der Waals surface area contributed by atoms with Gasteiger partial charge in [0.15, 0.2) is 11.5 Å². The number of rotatable bonds is 7. The highest BCUT2D eigenvalue weighted by Crippen LogP contribution is 2.31. The predicted molar refractivity (Wildman–Crippen MR) is 113 cm³/mol. The highest BCUT2D eigenvalue weighted by molar-refractivity contribution is 6.03. The van der Waals surface area contributed by atoms with E-state index in [4.69, 9.17) is 9.47 Å². The third-order valence-electron chi connectivity index (χ3n) is 4.40. The van der Waals surface area contributed by atoms with Crippen molar-refractivity contribution in [3.05, 3.63) is 65.9 Å². The van der Waals surface area contributed by atoms with Crippen LogP contribution < -0.4 is 20.1 Å². The Labute approximate surface area is 170 Å². The molecule has 0 unspecified atom stereocenters. The van der Waals surface area contributed by atoms with Gasteiger partial charge in [-0.25, -0.2) is 0 Å². The van der Waals surface area contributed by atoms with Crippen LogP contribution in [0.15, 0.2) is 54.6 Å². The van der Waals surface area contributed by atoms with Gasteiger partial charge in [0.2, 0.25) is 0 Å². The third-order valence-corrected chi connectivity index (χ3v) is 4.40. The molecule has 3 aromatic rings. The molecule has 0 aliphatic rings. The summed E-state index contributed by atoms with van der Waals surface area (Å²) in [6, 6.07) is 16.5. The third kappa shape index (κ3) is 4.82. The van der Waals surface area contributed by atoms with Gasteiger partial charge in [0.1, 0.15) is 11.5 Å². The van der Waals surface area contributed by atoms with Crippen molar-refractivity contribution in [1.29, 1.82) is 0 Å². The van der Waals surface area contributed by atoms with Gasteiger partial charge in [-0.2, -0.15) is 0 Å². The molecular formula is C22H24N4O3. The van der Waals surface area contributed by atoms with Gasteiger partial charge in [-0.15, -0.1) is 10.2 Å². The zero-order valence-corrected chi connectivity index (χ0v) is 16.9. The maximum Gasteiger partial charge on any atom is 0.276 e. The van der Waals surface area contributed by atoms with Crippen molar-refractivity contribution >= 4 is 23.1 Å². The van der Waals surface area contributed by atoms with Crippen LogP contribution in [0.1, 0.15) is 35.8 Å². The number of carbonyl (C=O) groups excluding carboxylic acids is 1. The zero-order valence-electron chi connectivity index (χ0n) is 16.9. The summed E-state index contributed by atoms with van der Waals surface area (Å²) in [7, 11) is 3.17. The first-order chi connectivity index (χ1) is 14.0. The Bertz CT molecular complexity index is 988. The lowest BCUT2D eigenvalue weighted by molar-refractivity contribution is 0.102. The number of hydrogen-bond donors (Lipinski definition) is 2. The van der Waals surface area contributed by atoms with E-state index in [0.717, 1.165) is 11.3 Å². The number of methoxy groups -OCH3 is 2. The number of anilines is 3. The first-order valence-corrected chi connectivity index (χ1v) is 9.25. The second kappa shape index (κ2) is 9.05. The fourth-order valence-corrected chi connectivity index (χ4v) is 2.86. The second-order valence-corrected chi connectivity index (χ2v) is 6.69. The molecule has 1 amide bonds. The van der Waals surface area contributed by atoms with Crippen molar-refractivity contribution in [2.75, 3.05) is 24.9 Å². The molecule has 1 aromatic heterocycles. The molecule has 0 aliphatic heterocycles. The Morgan fingerprint density at radius 3 is 2.38 bits per heavy atom. The fraction of sp³-hybridized carbons (Fsp3) is 0.227. The van der Waals surface area contributed by atoms with E-state index < -0.39 is 0 Å². The van der Waals surface area contributed by atoms with Crippen LogP contribution in [-0.4, -0.2) is 30.3 Å². The Kier molecular flexibility index (Phi) is 6.29. The van der Waals surface area contributed by atoms with Gasteiger partial charge in [0.05, 0.1) is 19.9 Å². The van der Waals surface area contributed by atoms with Crippen LogP contribution in [0.25, 0.3) is 0 Å². The van der Waals surface area contributed by atoms with E-state index in [1.54, 1.807) is 32.4 Å². The maximum absolute atomic E-state index is 12.6. The molecule has 0 saturated carbocycles. The van der Waals surface area contributed by atoms with Crippen molar-refractivity contribution < 1.29 is 14.3 Å². The van der Waals surface area contributed by atoms with Crippen LogP contribution in [0.5, 0.6) is 11.5 Å². The summed E-state index contributed by atoms with van der Waals surface area (Å²) in [5.41, 5.74) is 2.79. The van der Waals surface area contributed by atoms with Gasteiger partial charge in [0, 0.05) is 11.8 Å². The molecule has 0 bridgehead atoms. The average Bonchev–Trinajstić information content (AvgIpc) is 2.74. The van der Waals surface area contributed by atoms with E-state index in [1.807, 2.05) is 36.4 Å². The van der Waals surface area contributed by atoms with Crippen LogP contribution in [0.3, 0.4) is 0 Å². The lowest BCUT2D eigenvalue weighted by Gasteiger charge is -2.13. The molecule has 2 aromatic carbocycles. The van der Waals surface area contributed by atoms with Crippen LogP contribution >= 0.6 is 0 Å². The minimum absolute atomic E-state index is 0.232. The van der Waals surface area contributed by atoms with E-state index in [0.29, 0.717) is 28.9 Å². The van der Waals surface area contributed by atoms with Gasteiger partial charge in [-0.05, 0) is 41.8 Å². The topological polar surface area (TPSA) is 85.4 Å². The Balaban J connectivity index is 1.73. The van der Waals surface area contributed by atoms with Crippen LogP contribution in [0.2, 0.25) is 0 Å². The highest BCUT2D eigenvalue weighted by atomic mass is 16.5. The highest BCUT2D eigenvalue weighted by Gasteiger charge is 2.13. The van der Waals surface area contributed by atoms with Crippen molar-refractivity contribution in [3.8, 4) is 11.5 Å². The van der Waals surface area contributed by atoms with Crippen molar-refractivity contribution in [2.24, 2.45) is 0 Å². The number of ether oxygens (including phenoxy) is 2. The number of nitrogens with zero attached hydrogens (tertiary/aromatic N) is 2. The monoisotopic (exact) mass is 392 g/mol. The van der Waals surface area contributed by atoms with Crippen LogP contribution in [-0.2, 0) is 0 Å². The van der Waals surface area contributed by atoms with Gasteiger partial charge in [-0.3, -0.25) is 4.79 Å². The minimum Gasteiger partial charge on any atom is -0.497 e. The Hall–Kier alpha value is -3.61. The SMILES string of the molecule is COc1ccc(Nc2ccc(C(=O)Nc3ccccc3C(C)C)nn2)c(OC)c1. The average molecular weight is 392 g/mol. The number of nitrogens with one attached hydrogen (secondary N) is 2. The maximum atomic E-state index is 12.6. The lowest BCUT2D eigenvalue weighted by atomic mass is 10.0. The lowest BCUT2D eigenvalue weighted by Crippen LogP contribution is -2.16. The Morgan fingerprint density at radius 1 is 0.931 bits per heavy atom. The van der Waals surface area contributed by atoms with E-state index in [2.05, 4.69) is 34.7 Å². The molecule has 150 valence electrons. The van der Waals surface area contributed by atoms with E-state index in [9.17, 15) is 4.79 Å². The summed E-state index contributed by atoms with van der Waals surface area (Å²) < 4.78 is 10.6. The first kappa shape index (κ1) is 20.1. The van der Waals surface area contributed by atoms with Gasteiger partial charge >= 0.3 is 0 Å². The molecule has 7 nitrogen and oxygen atoms in total. The summed E-state index contributed by atoms with van der Waals surface area (Å²) in [4.78, 5) is 12.6. The van der Waals surface area contributed by atoms with Gasteiger partial charge in [-0.1, -0.05) is 32.0 Å². The van der Waals surface area contributed by atoms with Crippen molar-refractivity contribution in [1.82, 2.24) is 10.2 Å². The number of benzene rings is 2. The summed E-state index contributed by atoms with van der Waals surface area (Å²) in [6.07, 6.45) is 0. The number of amides is 1. The van der Waals surface area contributed by atoms with Crippen LogP contribution in [0.4, 0.5) is 17.2 Å². The molecule has 3 rings (SSSR count). The van der Waals surface area contributed by atoms with Crippen molar-refractivity contribution in [2.45, 2.75) is 19.8 Å². The number of aromatic nitrogens is 2. The number of hydrogen-bond acceptors (Lipinski definition) is 6. The normalized spacial score (nSPS) is 10.5. The second-order valence-electron chi connectivity index (χ2n) is 6.69. The van der Waals surface area contributed by atoms with Gasteiger partial charge in [0.25, 0.3) is 5.91 Å². The molecular weight excluding hydrogens is 368 g/mol. The molecule has 7 heteroatoms. The number of para-hydroxylation sites is 1. The fourth-order valence-electron chi connectivity index (χ4n) is 2.86. The molecule has 0 fully saturated rings. The van der Waals surface area contributed by atoms with E-state index in [-0.39, 0.29) is 11.6 Å². The molecule has 0 atom stereocenters. The largest absolute Gasteiger partial charge is 0.497 e. The Morgan fingerprint density at radius 2 is 1.72 bits per heavy atom.